The number of nitrogens with zero attached hydrogens (tertiary/aromatic N) is 2. The molecular weight excluding hydrogens is 243 g/mol. The Morgan fingerprint density at radius 2 is 2.22 bits per heavy atom. The number of hydrogen-bond donors (Lipinski definition) is 1. The van der Waals surface area contributed by atoms with Gasteiger partial charge in [-0.3, -0.25) is 0 Å². The van der Waals surface area contributed by atoms with Gasteiger partial charge < -0.3 is 10.2 Å². The van der Waals surface area contributed by atoms with Crippen molar-refractivity contribution >= 4 is 5.82 Å². The lowest BCUT2D eigenvalue weighted by atomic mass is 10.1. The van der Waals surface area contributed by atoms with Crippen LogP contribution in [0.25, 0.3) is 0 Å². The molecule has 18 heavy (non-hydrogen) atoms. The molecule has 1 atom stereocenters. The number of rotatable bonds is 2. The fourth-order valence-corrected chi connectivity index (χ4v) is 2.23. The molecule has 100 valence electrons. The summed E-state index contributed by atoms with van der Waals surface area (Å²) in [6.07, 6.45) is -1.12. The minimum Gasteiger partial charge on any atom is -0.366 e. The molecule has 1 aromatic rings. The van der Waals surface area contributed by atoms with E-state index >= 15 is 0 Å². The average Bonchev–Trinajstić information content (AvgIpc) is 2.28. The monoisotopic (exact) mass is 259 g/mol. The molecule has 2 rings (SSSR count). The van der Waals surface area contributed by atoms with Gasteiger partial charge in [-0.05, 0) is 38.6 Å². The zero-order chi connectivity index (χ0) is 13.2. The van der Waals surface area contributed by atoms with Gasteiger partial charge in [-0.2, -0.15) is 13.2 Å². The van der Waals surface area contributed by atoms with Crippen LogP contribution in [0.3, 0.4) is 0 Å². The fraction of sp³-hybridized carbons (Fsp3) is 0.583. The molecule has 1 aliphatic rings. The van der Waals surface area contributed by atoms with Crippen LogP contribution in [0.2, 0.25) is 0 Å². The quantitative estimate of drug-likeness (QED) is 0.885. The summed E-state index contributed by atoms with van der Waals surface area (Å²) in [5, 5.41) is 2.91. The number of likely N-dealkylation sites (N-methyl/N-ethyl adjacent to an activating group) is 1. The smallest absolute Gasteiger partial charge is 0.366 e. The molecule has 1 aliphatic heterocycles. The molecule has 1 aromatic heterocycles. The van der Waals surface area contributed by atoms with Crippen molar-refractivity contribution in [2.24, 2.45) is 0 Å². The molecule has 0 spiro atoms. The van der Waals surface area contributed by atoms with Crippen LogP contribution in [-0.4, -0.2) is 36.1 Å². The molecule has 0 saturated carbocycles. The van der Waals surface area contributed by atoms with Crippen LogP contribution in [0.5, 0.6) is 0 Å². The summed E-state index contributed by atoms with van der Waals surface area (Å²) in [6.45, 7) is 1.74. The molecular formula is C12H16F3N3. The number of alkyl halides is 3. The van der Waals surface area contributed by atoms with Gasteiger partial charge in [0.15, 0.2) is 0 Å². The summed E-state index contributed by atoms with van der Waals surface area (Å²) in [6, 6.07) is 2.39. The van der Waals surface area contributed by atoms with Gasteiger partial charge in [0, 0.05) is 18.8 Å². The van der Waals surface area contributed by atoms with Crippen LogP contribution in [-0.2, 0) is 6.18 Å². The molecule has 2 heterocycles. The maximum atomic E-state index is 12.8. The summed E-state index contributed by atoms with van der Waals surface area (Å²) >= 11 is 0. The Hall–Kier alpha value is -1.30. The van der Waals surface area contributed by atoms with E-state index in [0.29, 0.717) is 0 Å². The van der Waals surface area contributed by atoms with Crippen molar-refractivity contribution in [3.8, 4) is 0 Å². The second-order valence-corrected chi connectivity index (χ2v) is 4.64. The second-order valence-electron chi connectivity index (χ2n) is 4.64. The van der Waals surface area contributed by atoms with Crippen molar-refractivity contribution in [3.05, 3.63) is 23.9 Å². The van der Waals surface area contributed by atoms with Crippen LogP contribution in [0.1, 0.15) is 18.4 Å². The number of aromatic nitrogens is 1. The Morgan fingerprint density at radius 3 is 2.89 bits per heavy atom. The van der Waals surface area contributed by atoms with E-state index in [0.717, 1.165) is 32.0 Å². The van der Waals surface area contributed by atoms with Crippen LogP contribution in [0, 0.1) is 0 Å². The summed E-state index contributed by atoms with van der Waals surface area (Å²) < 4.78 is 38.4. The second kappa shape index (κ2) is 5.14. The zero-order valence-electron chi connectivity index (χ0n) is 10.2. The number of likely N-dealkylation sites (tertiary alicyclic amines) is 1. The molecule has 0 amide bonds. The van der Waals surface area contributed by atoms with E-state index in [1.54, 1.807) is 0 Å². The predicted molar refractivity (Wildman–Crippen MR) is 63.4 cm³/mol. The van der Waals surface area contributed by atoms with Crippen molar-refractivity contribution < 1.29 is 13.2 Å². The van der Waals surface area contributed by atoms with E-state index in [2.05, 4.69) is 15.2 Å². The Morgan fingerprint density at radius 1 is 1.44 bits per heavy atom. The first kappa shape index (κ1) is 13.1. The van der Waals surface area contributed by atoms with Crippen LogP contribution in [0.4, 0.5) is 19.0 Å². The Balaban J connectivity index is 2.13. The van der Waals surface area contributed by atoms with Gasteiger partial charge in [-0.25, -0.2) is 4.98 Å². The first-order valence-corrected chi connectivity index (χ1v) is 5.94. The maximum Gasteiger partial charge on any atom is 0.419 e. The van der Waals surface area contributed by atoms with Gasteiger partial charge in [0.2, 0.25) is 0 Å². The number of nitrogens with one attached hydrogen (secondary N) is 1. The van der Waals surface area contributed by atoms with E-state index in [4.69, 9.17) is 0 Å². The van der Waals surface area contributed by atoms with Gasteiger partial charge >= 0.3 is 6.18 Å². The summed E-state index contributed by atoms with van der Waals surface area (Å²) in [4.78, 5) is 5.92. The predicted octanol–water partition coefficient (Wildman–Crippen LogP) is 2.61. The van der Waals surface area contributed by atoms with Crippen LogP contribution in [0.15, 0.2) is 18.3 Å². The third-order valence-electron chi connectivity index (χ3n) is 3.08. The third kappa shape index (κ3) is 3.13. The molecule has 1 unspecified atom stereocenters. The van der Waals surface area contributed by atoms with Gasteiger partial charge in [0.1, 0.15) is 5.82 Å². The largest absolute Gasteiger partial charge is 0.419 e. The number of hydrogen-bond acceptors (Lipinski definition) is 3. The number of halogens is 3. The minimum absolute atomic E-state index is 0.0275. The highest BCUT2D eigenvalue weighted by atomic mass is 19.4. The summed E-state index contributed by atoms with van der Waals surface area (Å²) in [5.41, 5.74) is -0.696. The highest BCUT2D eigenvalue weighted by molar-refractivity contribution is 5.46. The molecule has 3 nitrogen and oxygen atoms in total. The topological polar surface area (TPSA) is 28.2 Å². The summed E-state index contributed by atoms with van der Waals surface area (Å²) in [7, 11) is 1.97. The van der Waals surface area contributed by atoms with E-state index in [9.17, 15) is 13.2 Å². The van der Waals surface area contributed by atoms with E-state index in [1.165, 1.54) is 12.3 Å². The fourth-order valence-electron chi connectivity index (χ4n) is 2.23. The van der Waals surface area contributed by atoms with Gasteiger partial charge in [-0.15, -0.1) is 0 Å². The Kier molecular flexibility index (Phi) is 3.75. The van der Waals surface area contributed by atoms with E-state index < -0.39 is 11.7 Å². The average molecular weight is 259 g/mol. The highest BCUT2D eigenvalue weighted by Gasteiger charge is 2.34. The van der Waals surface area contributed by atoms with Crippen molar-refractivity contribution in [1.82, 2.24) is 9.88 Å². The van der Waals surface area contributed by atoms with Crippen molar-refractivity contribution in [2.45, 2.75) is 25.1 Å². The summed E-state index contributed by atoms with van der Waals surface area (Å²) in [5.74, 6) is -0.0645. The number of anilines is 1. The molecule has 0 aliphatic carbocycles. The minimum atomic E-state index is -4.36. The highest BCUT2D eigenvalue weighted by Crippen LogP contribution is 2.33. The van der Waals surface area contributed by atoms with E-state index in [1.807, 2.05) is 7.05 Å². The van der Waals surface area contributed by atoms with Crippen molar-refractivity contribution in [2.75, 3.05) is 25.5 Å². The standard InChI is InChI=1S/C12H16F3N3/c1-18-7-3-4-9(8-18)17-11-10(12(13,14)15)5-2-6-16-11/h2,5-6,9H,3-4,7-8H2,1H3,(H,16,17). The normalized spacial score (nSPS) is 21.9. The maximum absolute atomic E-state index is 12.8. The molecule has 6 heteroatoms. The van der Waals surface area contributed by atoms with E-state index in [-0.39, 0.29) is 11.9 Å². The third-order valence-corrected chi connectivity index (χ3v) is 3.08. The molecule has 1 N–H and O–H groups in total. The Labute approximate surface area is 104 Å². The van der Waals surface area contributed by atoms with Crippen LogP contribution >= 0.6 is 0 Å². The molecule has 0 radical (unpaired) electrons. The Bertz CT molecular complexity index is 406. The SMILES string of the molecule is CN1CCCC(Nc2ncccc2C(F)(F)F)C1. The number of pyridine rings is 1. The van der Waals surface area contributed by atoms with Gasteiger partial charge in [0.05, 0.1) is 5.56 Å². The lowest BCUT2D eigenvalue weighted by Gasteiger charge is -2.31. The zero-order valence-corrected chi connectivity index (χ0v) is 10.2. The molecule has 1 saturated heterocycles. The van der Waals surface area contributed by atoms with Crippen molar-refractivity contribution in [1.29, 1.82) is 0 Å². The van der Waals surface area contributed by atoms with Gasteiger partial charge in [-0.1, -0.05) is 0 Å². The lowest BCUT2D eigenvalue weighted by Crippen LogP contribution is -2.40. The molecule has 0 aromatic carbocycles. The first-order chi connectivity index (χ1) is 8.47. The lowest BCUT2D eigenvalue weighted by molar-refractivity contribution is -0.137. The van der Waals surface area contributed by atoms with Gasteiger partial charge in [0.25, 0.3) is 0 Å². The molecule has 1 fully saturated rings. The first-order valence-electron chi connectivity index (χ1n) is 5.94. The van der Waals surface area contributed by atoms with Crippen molar-refractivity contribution in [3.63, 3.8) is 0 Å². The molecule has 0 bridgehead atoms. The number of piperidine rings is 1. The van der Waals surface area contributed by atoms with Crippen LogP contribution < -0.4 is 5.32 Å².